The first-order chi connectivity index (χ1) is 14.3. The number of fused-ring (bicyclic) bond motifs is 1. The van der Waals surface area contributed by atoms with E-state index in [1.54, 1.807) is 0 Å². The smallest absolute Gasteiger partial charge is 0.137 e. The van der Waals surface area contributed by atoms with E-state index in [4.69, 9.17) is 0 Å². The van der Waals surface area contributed by atoms with Crippen LogP contribution < -0.4 is 0 Å². The minimum absolute atomic E-state index is 0.963. The Morgan fingerprint density at radius 1 is 0.552 bits per heavy atom. The quantitative estimate of drug-likeness (QED) is 0.316. The Morgan fingerprint density at radius 2 is 1.14 bits per heavy atom. The van der Waals surface area contributed by atoms with Crippen LogP contribution in [0.25, 0.3) is 40.2 Å². The second-order valence-corrected chi connectivity index (χ2v) is 7.04. The van der Waals surface area contributed by atoms with E-state index in [0.29, 0.717) is 0 Å². The van der Waals surface area contributed by atoms with Gasteiger partial charge < -0.3 is 4.40 Å². The number of hydrogen-bond donors (Lipinski definition) is 0. The highest BCUT2D eigenvalue weighted by Gasteiger charge is 2.03. The van der Waals surface area contributed by atoms with Crippen molar-refractivity contribution in [1.82, 2.24) is 9.38 Å². The van der Waals surface area contributed by atoms with Crippen molar-refractivity contribution < 1.29 is 0 Å². The third-order valence-corrected chi connectivity index (χ3v) is 5.06. The van der Waals surface area contributed by atoms with E-state index >= 15 is 0 Å². The minimum atomic E-state index is 0.963. The SMILES string of the molecule is C(=Cc1ccc(-c2cn3ccccc3n2)cc1)c1ccc(-c2ccccc2)cc1. The molecule has 0 amide bonds. The van der Waals surface area contributed by atoms with Gasteiger partial charge in [0.1, 0.15) is 5.65 Å². The van der Waals surface area contributed by atoms with Crippen molar-refractivity contribution in [1.29, 1.82) is 0 Å². The lowest BCUT2D eigenvalue weighted by atomic mass is 10.0. The second-order valence-electron chi connectivity index (χ2n) is 7.04. The van der Waals surface area contributed by atoms with Crippen LogP contribution in [-0.4, -0.2) is 9.38 Å². The van der Waals surface area contributed by atoms with Gasteiger partial charge in [0.25, 0.3) is 0 Å². The predicted molar refractivity (Wildman–Crippen MR) is 121 cm³/mol. The molecule has 29 heavy (non-hydrogen) atoms. The maximum absolute atomic E-state index is 4.68. The van der Waals surface area contributed by atoms with Crippen LogP contribution in [0.3, 0.4) is 0 Å². The van der Waals surface area contributed by atoms with Gasteiger partial charge in [0, 0.05) is 18.0 Å². The first-order valence-electron chi connectivity index (χ1n) is 9.73. The summed E-state index contributed by atoms with van der Waals surface area (Å²) in [6, 6.07) is 33.7. The summed E-state index contributed by atoms with van der Waals surface area (Å²) < 4.78 is 2.04. The van der Waals surface area contributed by atoms with E-state index in [-0.39, 0.29) is 0 Å². The van der Waals surface area contributed by atoms with E-state index in [0.717, 1.165) is 16.9 Å². The van der Waals surface area contributed by atoms with Crippen LogP contribution in [0, 0.1) is 0 Å². The van der Waals surface area contributed by atoms with Crippen LogP contribution in [0.4, 0.5) is 0 Å². The van der Waals surface area contributed by atoms with E-state index in [9.17, 15) is 0 Å². The Hall–Kier alpha value is -3.91. The molecular formula is C27H20N2. The summed E-state index contributed by atoms with van der Waals surface area (Å²) in [5.74, 6) is 0. The molecule has 2 aromatic heterocycles. The maximum atomic E-state index is 4.68. The van der Waals surface area contributed by atoms with Crippen LogP contribution in [0.2, 0.25) is 0 Å². The van der Waals surface area contributed by atoms with Gasteiger partial charge in [-0.1, -0.05) is 97.1 Å². The van der Waals surface area contributed by atoms with Crippen molar-refractivity contribution in [2.45, 2.75) is 0 Å². The number of hydrogen-bond acceptors (Lipinski definition) is 1. The number of pyridine rings is 1. The molecule has 0 aliphatic rings. The zero-order valence-corrected chi connectivity index (χ0v) is 15.9. The summed E-state index contributed by atoms with van der Waals surface area (Å²) in [4.78, 5) is 4.68. The Balaban J connectivity index is 1.32. The number of rotatable bonds is 4. The third kappa shape index (κ3) is 3.74. The molecule has 0 fully saturated rings. The summed E-state index contributed by atoms with van der Waals surface area (Å²) in [6.07, 6.45) is 8.38. The second kappa shape index (κ2) is 7.61. The number of imidazole rings is 1. The fourth-order valence-corrected chi connectivity index (χ4v) is 3.45. The van der Waals surface area contributed by atoms with Crippen molar-refractivity contribution in [2.24, 2.45) is 0 Å². The Kier molecular flexibility index (Phi) is 4.51. The minimum Gasteiger partial charge on any atom is -0.306 e. The average Bonchev–Trinajstić information content (AvgIpc) is 3.23. The predicted octanol–water partition coefficient (Wildman–Crippen LogP) is 6.84. The molecule has 2 heterocycles. The molecule has 0 spiro atoms. The number of benzene rings is 3. The van der Waals surface area contributed by atoms with Gasteiger partial charge in [0.05, 0.1) is 5.69 Å². The molecule has 0 unspecified atom stereocenters. The van der Waals surface area contributed by atoms with Gasteiger partial charge in [-0.05, 0) is 34.4 Å². The molecule has 2 nitrogen and oxygen atoms in total. The highest BCUT2D eigenvalue weighted by atomic mass is 15.0. The van der Waals surface area contributed by atoms with Gasteiger partial charge in [-0.3, -0.25) is 0 Å². The van der Waals surface area contributed by atoms with Gasteiger partial charge in [-0.15, -0.1) is 0 Å². The highest BCUT2D eigenvalue weighted by molar-refractivity contribution is 5.73. The molecule has 0 atom stereocenters. The number of aromatic nitrogens is 2. The lowest BCUT2D eigenvalue weighted by molar-refractivity contribution is 1.19. The Labute approximate surface area is 170 Å². The van der Waals surface area contributed by atoms with Crippen LogP contribution in [0.5, 0.6) is 0 Å². The highest BCUT2D eigenvalue weighted by Crippen LogP contribution is 2.22. The largest absolute Gasteiger partial charge is 0.306 e. The van der Waals surface area contributed by atoms with Gasteiger partial charge in [-0.25, -0.2) is 4.98 Å². The van der Waals surface area contributed by atoms with Crippen LogP contribution in [0.15, 0.2) is 109 Å². The lowest BCUT2D eigenvalue weighted by Crippen LogP contribution is -1.79. The maximum Gasteiger partial charge on any atom is 0.137 e. The van der Waals surface area contributed by atoms with Gasteiger partial charge in [-0.2, -0.15) is 0 Å². The normalized spacial score (nSPS) is 11.3. The first-order valence-corrected chi connectivity index (χ1v) is 9.73. The van der Waals surface area contributed by atoms with Crippen LogP contribution in [0.1, 0.15) is 11.1 Å². The topological polar surface area (TPSA) is 17.3 Å². The summed E-state index contributed by atoms with van der Waals surface area (Å²) in [7, 11) is 0. The third-order valence-electron chi connectivity index (χ3n) is 5.06. The molecule has 5 rings (SSSR count). The van der Waals surface area contributed by atoms with Crippen LogP contribution >= 0.6 is 0 Å². The zero-order chi connectivity index (χ0) is 19.5. The zero-order valence-electron chi connectivity index (χ0n) is 15.9. The van der Waals surface area contributed by atoms with E-state index in [2.05, 4.69) is 96.1 Å². The van der Waals surface area contributed by atoms with E-state index in [1.165, 1.54) is 22.3 Å². The molecule has 138 valence electrons. The lowest BCUT2D eigenvalue weighted by Gasteiger charge is -2.02. The summed E-state index contributed by atoms with van der Waals surface area (Å²) in [6.45, 7) is 0. The molecule has 0 saturated heterocycles. The van der Waals surface area contributed by atoms with Crippen molar-refractivity contribution in [3.63, 3.8) is 0 Å². The van der Waals surface area contributed by atoms with E-state index in [1.807, 2.05) is 34.9 Å². The molecular weight excluding hydrogens is 352 g/mol. The van der Waals surface area contributed by atoms with Crippen LogP contribution in [-0.2, 0) is 0 Å². The molecule has 0 bridgehead atoms. The fraction of sp³-hybridized carbons (Fsp3) is 0. The molecule has 0 radical (unpaired) electrons. The van der Waals surface area contributed by atoms with Crippen molar-refractivity contribution in [2.75, 3.05) is 0 Å². The Morgan fingerprint density at radius 3 is 1.79 bits per heavy atom. The molecule has 0 saturated carbocycles. The van der Waals surface area contributed by atoms with E-state index < -0.39 is 0 Å². The molecule has 0 aliphatic heterocycles. The first kappa shape index (κ1) is 17.2. The van der Waals surface area contributed by atoms with Crippen molar-refractivity contribution in [3.05, 3.63) is 121 Å². The number of nitrogens with zero attached hydrogens (tertiary/aromatic N) is 2. The van der Waals surface area contributed by atoms with Gasteiger partial charge in [0.2, 0.25) is 0 Å². The molecule has 3 aromatic carbocycles. The molecule has 0 aliphatic carbocycles. The Bertz CT molecular complexity index is 1230. The molecule has 2 heteroatoms. The fourth-order valence-electron chi connectivity index (χ4n) is 3.45. The molecule has 5 aromatic rings. The summed E-state index contributed by atoms with van der Waals surface area (Å²) in [5, 5.41) is 0. The standard InChI is InChI=1S/C27H20N2/c1-2-6-23(7-3-1)24-15-11-21(12-16-24)9-10-22-13-17-25(18-14-22)26-20-29-19-5-4-8-27(29)28-26/h1-20H. The van der Waals surface area contributed by atoms with Gasteiger partial charge in [0.15, 0.2) is 0 Å². The monoisotopic (exact) mass is 372 g/mol. The summed E-state index contributed by atoms with van der Waals surface area (Å²) in [5.41, 5.74) is 7.91. The van der Waals surface area contributed by atoms with Crippen molar-refractivity contribution in [3.8, 4) is 22.4 Å². The average molecular weight is 372 g/mol. The summed E-state index contributed by atoms with van der Waals surface area (Å²) >= 11 is 0. The van der Waals surface area contributed by atoms with Gasteiger partial charge >= 0.3 is 0 Å². The van der Waals surface area contributed by atoms with Crippen molar-refractivity contribution >= 4 is 17.8 Å². The molecule has 0 N–H and O–H groups in total.